The lowest BCUT2D eigenvalue weighted by atomic mass is 9.93. The van der Waals surface area contributed by atoms with Gasteiger partial charge in [0, 0.05) is 11.7 Å². The zero-order valence-electron chi connectivity index (χ0n) is 21.7. The highest BCUT2D eigenvalue weighted by Gasteiger charge is 2.59. The van der Waals surface area contributed by atoms with Gasteiger partial charge >= 0.3 is 12.4 Å². The number of benzene rings is 2. The molecule has 0 bridgehead atoms. The fraction of sp³-hybridized carbons (Fsp3) is 0.440. The van der Waals surface area contributed by atoms with Crippen molar-refractivity contribution in [1.82, 2.24) is 0 Å². The van der Waals surface area contributed by atoms with Crippen LogP contribution in [0.25, 0.3) is 0 Å². The minimum Gasteiger partial charge on any atom is -0.469 e. The molecule has 2 aromatic rings. The maximum Gasteiger partial charge on any atom is 0.434 e. The summed E-state index contributed by atoms with van der Waals surface area (Å²) in [5.41, 5.74) is 4.73. The molecule has 0 unspecified atom stereocenters. The van der Waals surface area contributed by atoms with Gasteiger partial charge in [-0.3, -0.25) is 18.9 Å². The fourth-order valence-corrected chi connectivity index (χ4v) is 7.09. The summed E-state index contributed by atoms with van der Waals surface area (Å²) in [4.78, 5) is 17.5. The molecule has 1 aliphatic rings. The van der Waals surface area contributed by atoms with Gasteiger partial charge in [-0.25, -0.2) is 4.39 Å². The summed E-state index contributed by atoms with van der Waals surface area (Å²) in [6.07, 6.45) is -16.4. The molecule has 0 radical (unpaired) electrons. The number of alkyl halides is 6. The van der Waals surface area contributed by atoms with Gasteiger partial charge in [0.15, 0.2) is 5.78 Å². The summed E-state index contributed by atoms with van der Waals surface area (Å²) in [5.74, 6) is -5.17. The molecule has 3 rings (SSSR count). The zero-order valence-corrected chi connectivity index (χ0v) is 23.6. The fourth-order valence-electron chi connectivity index (χ4n) is 4.17. The van der Waals surface area contributed by atoms with Crippen molar-refractivity contribution in [2.24, 2.45) is 10.9 Å². The first-order valence-corrected chi connectivity index (χ1v) is 17.3. The Morgan fingerprint density at radius 3 is 2.27 bits per heavy atom. The van der Waals surface area contributed by atoms with Gasteiger partial charge in [-0.2, -0.15) is 36.9 Å². The Hall–Kier alpha value is -2.62. The number of nitrogen functional groups attached to an aromatic ring is 1. The van der Waals surface area contributed by atoms with E-state index in [1.54, 1.807) is 0 Å². The van der Waals surface area contributed by atoms with Crippen LogP contribution in [0.3, 0.4) is 0 Å². The van der Waals surface area contributed by atoms with E-state index in [1.807, 2.05) is 24.3 Å². The average Bonchev–Trinajstić information content (AvgIpc) is 2.79. The van der Waals surface area contributed by atoms with Gasteiger partial charge in [0.2, 0.25) is 0 Å². The lowest BCUT2D eigenvalue weighted by Gasteiger charge is -2.39. The van der Waals surface area contributed by atoms with E-state index >= 15 is 0 Å². The van der Waals surface area contributed by atoms with Gasteiger partial charge in [0.1, 0.15) is 17.3 Å². The van der Waals surface area contributed by atoms with Gasteiger partial charge < -0.3 is 10.5 Å². The van der Waals surface area contributed by atoms with Crippen molar-refractivity contribution in [3.05, 3.63) is 53.3 Å². The molecule has 1 atom stereocenters. The van der Waals surface area contributed by atoms with Crippen molar-refractivity contribution in [1.29, 1.82) is 0 Å². The first-order valence-electron chi connectivity index (χ1n) is 12.0. The van der Waals surface area contributed by atoms with Crippen molar-refractivity contribution >= 4 is 41.0 Å². The number of aliphatic imine (C=N–C) groups is 1. The highest BCUT2D eigenvalue weighted by molar-refractivity contribution is 8.25. The number of nitrogens with two attached hydrogens (primary N) is 1. The molecule has 4 N–H and O–H groups in total. The van der Waals surface area contributed by atoms with Crippen LogP contribution in [0.2, 0.25) is 19.6 Å². The molecule has 1 saturated heterocycles. The van der Waals surface area contributed by atoms with Crippen LogP contribution in [0.1, 0.15) is 11.1 Å². The topological polar surface area (TPSA) is 105 Å². The van der Waals surface area contributed by atoms with Crippen LogP contribution in [-0.2, 0) is 17.8 Å². The first-order chi connectivity index (χ1) is 18.2. The van der Waals surface area contributed by atoms with E-state index in [-0.39, 0.29) is 17.8 Å². The Morgan fingerprint density at radius 1 is 1.07 bits per heavy atom. The highest BCUT2D eigenvalue weighted by atomic mass is 32.3. The molecule has 2 aromatic carbocycles. The summed E-state index contributed by atoms with van der Waals surface area (Å²) in [6, 6.07) is 9.05. The van der Waals surface area contributed by atoms with Gasteiger partial charge in [-0.05, 0) is 29.7 Å². The van der Waals surface area contributed by atoms with Crippen LogP contribution < -0.4 is 15.7 Å². The van der Waals surface area contributed by atoms with E-state index in [0.29, 0.717) is 6.07 Å². The largest absolute Gasteiger partial charge is 0.469 e. The molecule has 0 saturated carbocycles. The predicted octanol–water partition coefficient (Wildman–Crippen LogP) is 5.96. The van der Waals surface area contributed by atoms with Gasteiger partial charge in [0.25, 0.3) is 6.10 Å². The van der Waals surface area contributed by atoms with Crippen LogP contribution in [0, 0.1) is 11.7 Å². The molecule has 1 aliphatic heterocycles. The number of rotatable bonds is 7. The predicted molar refractivity (Wildman–Crippen MR) is 143 cm³/mol. The number of hydrogen-bond donors (Lipinski definition) is 3. The van der Waals surface area contributed by atoms with Crippen LogP contribution in [-0.4, -0.2) is 58.6 Å². The lowest BCUT2D eigenvalue weighted by Crippen LogP contribution is -2.46. The third-order valence-corrected chi connectivity index (χ3v) is 9.92. The van der Waals surface area contributed by atoms with Crippen molar-refractivity contribution in [3.63, 3.8) is 0 Å². The van der Waals surface area contributed by atoms with E-state index in [0.717, 1.165) is 16.8 Å². The second-order valence-electron chi connectivity index (χ2n) is 10.7. The van der Waals surface area contributed by atoms with Crippen LogP contribution in [0.4, 0.5) is 36.4 Å². The molecule has 0 aromatic heterocycles. The van der Waals surface area contributed by atoms with Crippen molar-refractivity contribution in [2.45, 2.75) is 51.1 Å². The number of carbonyl (C=O) groups excluding carboxylic acids is 1. The molecular weight excluding hydrogens is 585 g/mol. The molecule has 1 fully saturated rings. The minimum atomic E-state index is -5.87. The van der Waals surface area contributed by atoms with E-state index < -0.39 is 84.0 Å². The van der Waals surface area contributed by atoms with Crippen molar-refractivity contribution in [2.75, 3.05) is 17.2 Å². The van der Waals surface area contributed by atoms with Crippen LogP contribution in [0.5, 0.6) is 5.75 Å². The Labute approximate surface area is 228 Å². The molecular formula is C25H29F7N2O4SSi. The van der Waals surface area contributed by atoms with Crippen molar-refractivity contribution in [3.8, 4) is 5.75 Å². The van der Waals surface area contributed by atoms with E-state index in [2.05, 4.69) is 29.4 Å². The maximum atomic E-state index is 14.4. The highest BCUT2D eigenvalue weighted by Crippen LogP contribution is 2.45. The Bertz CT molecular complexity index is 1280. The lowest BCUT2D eigenvalue weighted by molar-refractivity contribution is -0.299. The number of hydrogen-bond acceptors (Lipinski definition) is 6. The molecule has 0 spiro atoms. The average molecular weight is 615 g/mol. The number of ether oxygens (including phenoxy) is 1. The number of Topliss-reactive ketones (excluding diaryl/α,β-unsaturated/α-hetero) is 1. The van der Waals surface area contributed by atoms with Crippen LogP contribution >= 0.6 is 10.6 Å². The second-order valence-corrected chi connectivity index (χ2v) is 18.0. The zero-order chi connectivity index (χ0) is 30.3. The first kappa shape index (κ1) is 31.9. The summed E-state index contributed by atoms with van der Waals surface area (Å²) in [6.45, 7) is 6.55. The van der Waals surface area contributed by atoms with Crippen molar-refractivity contribution < 1.29 is 49.4 Å². The summed E-state index contributed by atoms with van der Waals surface area (Å²) in [7, 11) is -4.98. The van der Waals surface area contributed by atoms with E-state index in [1.165, 1.54) is 0 Å². The van der Waals surface area contributed by atoms with Gasteiger partial charge in [0.05, 0.1) is 26.1 Å². The SMILES string of the molecule is C[Si](C)(C)c1cccc(CN=C2CS(O)(O)C[C@@H](Cc3cc(F)c(N)c(OC(C(F)(F)F)C(F)(F)F)c3)C2=O)c1. The molecule has 1 heterocycles. The summed E-state index contributed by atoms with van der Waals surface area (Å²) >= 11 is 0. The third kappa shape index (κ3) is 7.98. The second kappa shape index (κ2) is 11.3. The Balaban J connectivity index is 1.88. The molecule has 0 amide bonds. The molecule has 40 heavy (non-hydrogen) atoms. The number of carbonyl (C=O) groups is 1. The van der Waals surface area contributed by atoms with Crippen LogP contribution in [0.15, 0.2) is 41.4 Å². The minimum absolute atomic E-state index is 0.0758. The number of anilines is 1. The number of nitrogens with zero attached hydrogens (tertiary/aromatic N) is 1. The van der Waals surface area contributed by atoms with Gasteiger partial charge in [-0.1, -0.05) is 49.1 Å². The Kier molecular flexibility index (Phi) is 9.04. The quantitative estimate of drug-likeness (QED) is 0.203. The molecule has 6 nitrogen and oxygen atoms in total. The van der Waals surface area contributed by atoms with E-state index in [9.17, 15) is 44.6 Å². The van der Waals surface area contributed by atoms with Gasteiger partial charge in [-0.15, -0.1) is 0 Å². The van der Waals surface area contributed by atoms with E-state index in [4.69, 9.17) is 5.73 Å². The smallest absolute Gasteiger partial charge is 0.434 e. The number of ketones is 1. The molecule has 15 heteroatoms. The summed E-state index contributed by atoms with van der Waals surface area (Å²) in [5, 5.41) is 1.16. The summed E-state index contributed by atoms with van der Waals surface area (Å²) < 4.78 is 117. The Morgan fingerprint density at radius 2 is 1.70 bits per heavy atom. The standard InChI is InChI=1S/C25H29F7N2O4SSi/c1-40(2,3)17-6-4-5-14(8-17)11-34-19-13-39(36,37)12-16(22(19)35)7-15-9-18(26)21(33)20(10-15)38-23(24(27,28)29)25(30,31)32/h4-6,8-10,16,23,36-37H,7,11-13,33H2,1-3H3/t16-/m1/s1. The normalized spacial score (nSPS) is 20.2. The monoisotopic (exact) mass is 614 g/mol. The maximum absolute atomic E-state index is 14.4. The molecule has 222 valence electrons. The third-order valence-electron chi connectivity index (χ3n) is 6.21. The number of halogens is 7. The molecule has 0 aliphatic carbocycles.